The highest BCUT2D eigenvalue weighted by Gasteiger charge is 2.35. The molecule has 0 aromatic heterocycles. The zero-order valence-electron chi connectivity index (χ0n) is 12.9. The van der Waals surface area contributed by atoms with Crippen molar-refractivity contribution in [2.75, 3.05) is 45.0 Å². The molecule has 0 spiro atoms. The minimum Gasteiger partial charge on any atom is -0.391 e. The maximum atomic E-state index is 12.3. The lowest BCUT2D eigenvalue weighted by Gasteiger charge is -2.39. The van der Waals surface area contributed by atoms with Gasteiger partial charge >= 0.3 is 0 Å². The fraction of sp³-hybridized carbons (Fsp3) is 0.929. The molecule has 0 radical (unpaired) electrons. The van der Waals surface area contributed by atoms with E-state index in [1.165, 1.54) is 4.31 Å². The Morgan fingerprint density at radius 2 is 1.77 bits per heavy atom. The molecule has 1 saturated carbocycles. The lowest BCUT2D eigenvalue weighted by molar-refractivity contribution is -0.133. The Morgan fingerprint density at radius 3 is 2.32 bits per heavy atom. The van der Waals surface area contributed by atoms with E-state index in [1.54, 1.807) is 4.90 Å². The number of carbonyl (C=O) groups is 1. The van der Waals surface area contributed by atoms with E-state index in [-0.39, 0.29) is 30.4 Å². The van der Waals surface area contributed by atoms with Gasteiger partial charge in [-0.05, 0) is 25.7 Å². The lowest BCUT2D eigenvalue weighted by Crippen LogP contribution is -2.55. The monoisotopic (exact) mass is 331 g/mol. The number of aliphatic hydroxyl groups excluding tert-OH is 1. The summed E-state index contributed by atoms with van der Waals surface area (Å²) in [5.41, 5.74) is 0. The second-order valence-corrected chi connectivity index (χ2v) is 8.57. The van der Waals surface area contributed by atoms with Gasteiger partial charge < -0.3 is 10.0 Å². The van der Waals surface area contributed by atoms with Crippen molar-refractivity contribution in [2.45, 2.75) is 37.8 Å². The van der Waals surface area contributed by atoms with E-state index in [2.05, 4.69) is 4.90 Å². The predicted octanol–water partition coefficient (Wildman–Crippen LogP) is -0.920. The van der Waals surface area contributed by atoms with Gasteiger partial charge in [0.15, 0.2) is 0 Å². The molecule has 2 heterocycles. The molecule has 0 aromatic carbocycles. The minimum atomic E-state index is -3.21. The lowest BCUT2D eigenvalue weighted by atomic mass is 10.1. The summed E-state index contributed by atoms with van der Waals surface area (Å²) in [4.78, 5) is 16.3. The quantitative estimate of drug-likeness (QED) is 0.723. The predicted molar refractivity (Wildman–Crippen MR) is 81.8 cm³/mol. The van der Waals surface area contributed by atoms with Crippen LogP contribution in [0.25, 0.3) is 0 Å². The van der Waals surface area contributed by atoms with Gasteiger partial charge in [-0.25, -0.2) is 8.42 Å². The summed E-state index contributed by atoms with van der Waals surface area (Å²) in [6, 6.07) is 0.233. The number of amides is 1. The first-order chi connectivity index (χ1) is 10.5. The SMILES string of the molecule is O=C(CN1CCCS1(=O)=O)N1CCN([C@H]2CCC[C@@H]2O)CC1. The van der Waals surface area contributed by atoms with Gasteiger partial charge in [0.2, 0.25) is 15.9 Å². The Kier molecular flexibility index (Phi) is 4.72. The minimum absolute atomic E-state index is 0.0195. The fourth-order valence-corrected chi connectivity index (χ4v) is 5.24. The van der Waals surface area contributed by atoms with Crippen LogP contribution in [0.3, 0.4) is 0 Å². The summed E-state index contributed by atoms with van der Waals surface area (Å²) < 4.78 is 24.8. The van der Waals surface area contributed by atoms with Crippen LogP contribution in [0, 0.1) is 0 Å². The first-order valence-corrected chi connectivity index (χ1v) is 9.76. The average molecular weight is 331 g/mol. The second-order valence-electron chi connectivity index (χ2n) is 6.49. The van der Waals surface area contributed by atoms with Gasteiger partial charge in [-0.2, -0.15) is 4.31 Å². The number of piperazine rings is 1. The summed E-state index contributed by atoms with van der Waals surface area (Å²) in [5, 5.41) is 9.97. The molecule has 0 aromatic rings. The Balaban J connectivity index is 1.50. The molecule has 1 N–H and O–H groups in total. The normalized spacial score (nSPS) is 33.4. The molecule has 1 aliphatic carbocycles. The van der Waals surface area contributed by atoms with E-state index >= 15 is 0 Å². The molecule has 126 valence electrons. The standard InChI is InChI=1S/C14H25N3O4S/c18-13-4-1-3-12(13)15-6-8-16(9-7-15)14(19)11-17-5-2-10-22(17,20)21/h12-13,18H,1-11H2/t12-,13-/m0/s1. The highest BCUT2D eigenvalue weighted by molar-refractivity contribution is 7.89. The summed E-state index contributed by atoms with van der Waals surface area (Å²) in [6.45, 7) is 3.21. The van der Waals surface area contributed by atoms with Crippen LogP contribution in [-0.2, 0) is 14.8 Å². The van der Waals surface area contributed by atoms with Crippen LogP contribution in [0.4, 0.5) is 0 Å². The number of aliphatic hydroxyl groups is 1. The average Bonchev–Trinajstić information content (AvgIpc) is 3.05. The first kappa shape index (κ1) is 16.2. The number of rotatable bonds is 3. The van der Waals surface area contributed by atoms with Crippen molar-refractivity contribution in [1.82, 2.24) is 14.1 Å². The molecule has 3 fully saturated rings. The highest BCUT2D eigenvalue weighted by atomic mass is 32.2. The summed E-state index contributed by atoms with van der Waals surface area (Å²) in [6.07, 6.45) is 3.34. The molecule has 3 rings (SSSR count). The highest BCUT2D eigenvalue weighted by Crippen LogP contribution is 2.25. The van der Waals surface area contributed by atoms with Crippen LogP contribution in [0.15, 0.2) is 0 Å². The van der Waals surface area contributed by atoms with E-state index in [4.69, 9.17) is 0 Å². The first-order valence-electron chi connectivity index (χ1n) is 8.15. The molecule has 0 bridgehead atoms. The van der Waals surface area contributed by atoms with Crippen molar-refractivity contribution in [1.29, 1.82) is 0 Å². The Bertz CT molecular complexity index is 516. The van der Waals surface area contributed by atoms with Crippen molar-refractivity contribution >= 4 is 15.9 Å². The van der Waals surface area contributed by atoms with Crippen molar-refractivity contribution in [3.63, 3.8) is 0 Å². The fourth-order valence-electron chi connectivity index (χ4n) is 3.77. The van der Waals surface area contributed by atoms with Gasteiger partial charge in [-0.15, -0.1) is 0 Å². The third-order valence-electron chi connectivity index (χ3n) is 5.09. The number of carbonyl (C=O) groups excluding carboxylic acids is 1. The molecule has 1 amide bonds. The van der Waals surface area contributed by atoms with Gasteiger partial charge in [-0.1, -0.05) is 0 Å². The Morgan fingerprint density at radius 1 is 1.05 bits per heavy atom. The van der Waals surface area contributed by atoms with E-state index in [0.717, 1.165) is 32.4 Å². The zero-order chi connectivity index (χ0) is 15.7. The molecule has 3 aliphatic rings. The molecule has 7 nitrogen and oxygen atoms in total. The zero-order valence-corrected chi connectivity index (χ0v) is 13.7. The van der Waals surface area contributed by atoms with Crippen molar-refractivity contribution in [2.24, 2.45) is 0 Å². The van der Waals surface area contributed by atoms with Gasteiger partial charge in [0.1, 0.15) is 0 Å². The van der Waals surface area contributed by atoms with Crippen LogP contribution in [0.1, 0.15) is 25.7 Å². The Labute approximate surface area is 131 Å². The smallest absolute Gasteiger partial charge is 0.237 e. The molecular formula is C14H25N3O4S. The maximum Gasteiger partial charge on any atom is 0.237 e. The summed E-state index contributed by atoms with van der Waals surface area (Å²) in [5.74, 6) is 0.0604. The Hall–Kier alpha value is -0.700. The summed E-state index contributed by atoms with van der Waals surface area (Å²) >= 11 is 0. The number of hydrogen-bond acceptors (Lipinski definition) is 5. The second kappa shape index (κ2) is 6.43. The molecule has 8 heteroatoms. The van der Waals surface area contributed by atoms with Gasteiger partial charge in [0.25, 0.3) is 0 Å². The van der Waals surface area contributed by atoms with Crippen LogP contribution in [0.2, 0.25) is 0 Å². The largest absolute Gasteiger partial charge is 0.391 e. The van der Waals surface area contributed by atoms with Crippen LogP contribution in [-0.4, -0.2) is 90.7 Å². The van der Waals surface area contributed by atoms with Crippen molar-refractivity contribution in [3.05, 3.63) is 0 Å². The number of nitrogens with zero attached hydrogens (tertiary/aromatic N) is 3. The third-order valence-corrected chi connectivity index (χ3v) is 7.00. The topological polar surface area (TPSA) is 81.2 Å². The molecule has 2 atom stereocenters. The van der Waals surface area contributed by atoms with Crippen LogP contribution in [0.5, 0.6) is 0 Å². The summed E-state index contributed by atoms with van der Waals surface area (Å²) in [7, 11) is -3.21. The molecular weight excluding hydrogens is 306 g/mol. The van der Waals surface area contributed by atoms with Crippen LogP contribution >= 0.6 is 0 Å². The van der Waals surface area contributed by atoms with Crippen LogP contribution < -0.4 is 0 Å². The van der Waals surface area contributed by atoms with E-state index < -0.39 is 10.0 Å². The van der Waals surface area contributed by atoms with Crippen molar-refractivity contribution in [3.8, 4) is 0 Å². The maximum absolute atomic E-state index is 12.3. The number of hydrogen-bond donors (Lipinski definition) is 1. The van der Waals surface area contributed by atoms with E-state index in [0.29, 0.717) is 26.1 Å². The van der Waals surface area contributed by atoms with Gasteiger partial charge in [0.05, 0.1) is 18.4 Å². The van der Waals surface area contributed by atoms with Gasteiger partial charge in [-0.3, -0.25) is 9.69 Å². The van der Waals surface area contributed by atoms with E-state index in [9.17, 15) is 18.3 Å². The van der Waals surface area contributed by atoms with Gasteiger partial charge in [0, 0.05) is 38.8 Å². The number of sulfonamides is 1. The molecule has 0 unspecified atom stereocenters. The molecule has 22 heavy (non-hydrogen) atoms. The van der Waals surface area contributed by atoms with Crippen molar-refractivity contribution < 1.29 is 18.3 Å². The third kappa shape index (κ3) is 3.29. The van der Waals surface area contributed by atoms with E-state index in [1.807, 2.05) is 0 Å². The molecule has 2 aliphatic heterocycles. The molecule has 2 saturated heterocycles.